The lowest BCUT2D eigenvalue weighted by Crippen LogP contribution is -2.48. The maximum Gasteiger partial charge on any atom is 0.325 e. The topological polar surface area (TPSA) is 189 Å². The molecule has 0 unspecified atom stereocenters. The highest BCUT2D eigenvalue weighted by Gasteiger charge is 2.23. The zero-order chi connectivity index (χ0) is 38.4. The molecule has 2 bridgehead atoms. The van der Waals surface area contributed by atoms with Gasteiger partial charge in [-0.3, -0.25) is 48.5 Å². The molecule has 16 heteroatoms. The van der Waals surface area contributed by atoms with Gasteiger partial charge in [0.15, 0.2) is 0 Å². The SMILES string of the molecule is CC(C)(C)OC(=O)CNC(=O)CN1CCN(CC(=O)NCC(=O)OC(C)(C)C)Cc2cccc(n2)CN(CC(=O)NCC(=O)OC(C)(C)C)CC1. The van der Waals surface area contributed by atoms with Crippen molar-refractivity contribution in [2.24, 2.45) is 0 Å². The molecule has 0 saturated carbocycles. The van der Waals surface area contributed by atoms with Gasteiger partial charge >= 0.3 is 17.9 Å². The number of hydrogen-bond acceptors (Lipinski definition) is 13. The van der Waals surface area contributed by atoms with Crippen LogP contribution < -0.4 is 16.0 Å². The largest absolute Gasteiger partial charge is 0.459 e. The number of aromatic nitrogens is 1. The van der Waals surface area contributed by atoms with E-state index in [-0.39, 0.29) is 51.1 Å². The molecule has 0 saturated heterocycles. The summed E-state index contributed by atoms with van der Waals surface area (Å²) in [6, 6.07) is 5.52. The van der Waals surface area contributed by atoms with E-state index < -0.39 is 40.6 Å². The number of nitrogens with zero attached hydrogens (tertiary/aromatic N) is 4. The van der Waals surface area contributed by atoms with Gasteiger partial charge in [-0.2, -0.15) is 0 Å². The van der Waals surface area contributed by atoms with E-state index in [1.54, 1.807) is 62.3 Å². The van der Waals surface area contributed by atoms with Crippen LogP contribution in [0, 0.1) is 0 Å². The van der Waals surface area contributed by atoms with Crippen molar-refractivity contribution in [2.45, 2.75) is 92.2 Å². The highest BCUT2D eigenvalue weighted by atomic mass is 16.6. The van der Waals surface area contributed by atoms with Crippen LogP contribution in [0.5, 0.6) is 0 Å². The second kappa shape index (κ2) is 19.5. The summed E-state index contributed by atoms with van der Waals surface area (Å²) >= 11 is 0. The van der Waals surface area contributed by atoms with Crippen LogP contribution in [0.2, 0.25) is 0 Å². The van der Waals surface area contributed by atoms with Gasteiger partial charge < -0.3 is 30.2 Å². The molecule has 51 heavy (non-hydrogen) atoms. The van der Waals surface area contributed by atoms with Crippen LogP contribution in [0.3, 0.4) is 0 Å². The summed E-state index contributed by atoms with van der Waals surface area (Å²) in [6.45, 7) is 16.7. The fourth-order valence-corrected chi connectivity index (χ4v) is 4.85. The smallest absolute Gasteiger partial charge is 0.325 e. The summed E-state index contributed by atoms with van der Waals surface area (Å²) in [6.07, 6.45) is 0. The maximum atomic E-state index is 13.0. The van der Waals surface area contributed by atoms with E-state index in [0.29, 0.717) is 50.7 Å². The van der Waals surface area contributed by atoms with Gasteiger partial charge in [0.2, 0.25) is 17.7 Å². The van der Waals surface area contributed by atoms with Crippen molar-refractivity contribution in [2.75, 3.05) is 65.4 Å². The lowest BCUT2D eigenvalue weighted by Gasteiger charge is -2.30. The Kier molecular flexibility index (Phi) is 16.4. The van der Waals surface area contributed by atoms with E-state index >= 15 is 0 Å². The van der Waals surface area contributed by atoms with Crippen LogP contribution >= 0.6 is 0 Å². The normalized spacial score (nSPS) is 15.4. The number of rotatable bonds is 12. The zero-order valence-corrected chi connectivity index (χ0v) is 31.7. The third kappa shape index (κ3) is 20.3. The van der Waals surface area contributed by atoms with Crippen molar-refractivity contribution in [1.29, 1.82) is 0 Å². The van der Waals surface area contributed by atoms with Gasteiger partial charge in [0, 0.05) is 39.3 Å². The van der Waals surface area contributed by atoms with Gasteiger partial charge in [0.25, 0.3) is 0 Å². The third-order valence-corrected chi connectivity index (χ3v) is 6.75. The van der Waals surface area contributed by atoms with Crippen LogP contribution in [-0.4, -0.2) is 138 Å². The Morgan fingerprint density at radius 3 is 1.16 bits per heavy atom. The molecule has 1 aliphatic heterocycles. The molecule has 0 spiro atoms. The minimum absolute atomic E-state index is 0.0443. The molecule has 0 atom stereocenters. The molecule has 1 aliphatic rings. The van der Waals surface area contributed by atoms with Crippen molar-refractivity contribution in [1.82, 2.24) is 35.6 Å². The number of carbonyl (C=O) groups is 6. The van der Waals surface area contributed by atoms with Crippen LogP contribution in [0.15, 0.2) is 18.2 Å². The Hall–Kier alpha value is -4.15. The first kappa shape index (κ1) is 43.0. The molecule has 0 radical (unpaired) electrons. The average molecular weight is 720 g/mol. The summed E-state index contributed by atoms with van der Waals surface area (Å²) in [7, 11) is 0. The summed E-state index contributed by atoms with van der Waals surface area (Å²) in [5.41, 5.74) is -0.694. The molecule has 3 N–H and O–H groups in total. The summed E-state index contributed by atoms with van der Waals surface area (Å²) in [5, 5.41) is 7.84. The second-order valence-corrected chi connectivity index (χ2v) is 15.4. The number of fused-ring (bicyclic) bond motifs is 2. The lowest BCUT2D eigenvalue weighted by molar-refractivity contribution is -0.155. The molecule has 2 heterocycles. The van der Waals surface area contributed by atoms with Gasteiger partial charge in [-0.1, -0.05) is 6.07 Å². The van der Waals surface area contributed by atoms with E-state index in [2.05, 4.69) is 16.0 Å². The Balaban J connectivity index is 2.21. The van der Waals surface area contributed by atoms with Crippen LogP contribution in [0.25, 0.3) is 0 Å². The van der Waals surface area contributed by atoms with Crippen molar-refractivity contribution >= 4 is 35.6 Å². The van der Waals surface area contributed by atoms with E-state index in [1.807, 2.05) is 32.9 Å². The van der Waals surface area contributed by atoms with Gasteiger partial charge in [0.1, 0.15) is 36.4 Å². The monoisotopic (exact) mass is 719 g/mol. The average Bonchev–Trinajstić information content (AvgIpc) is 2.96. The van der Waals surface area contributed by atoms with Crippen molar-refractivity contribution < 1.29 is 43.0 Å². The summed E-state index contributed by atoms with van der Waals surface area (Å²) < 4.78 is 15.9. The molecular weight excluding hydrogens is 662 g/mol. The van der Waals surface area contributed by atoms with Crippen molar-refractivity contribution in [3.05, 3.63) is 29.6 Å². The van der Waals surface area contributed by atoms with E-state index in [4.69, 9.17) is 19.2 Å². The van der Waals surface area contributed by atoms with Crippen LogP contribution in [0.1, 0.15) is 73.7 Å². The van der Waals surface area contributed by atoms with Crippen molar-refractivity contribution in [3.63, 3.8) is 0 Å². The molecule has 1 aromatic rings. The molecule has 1 aromatic heterocycles. The highest BCUT2D eigenvalue weighted by molar-refractivity contribution is 5.84. The van der Waals surface area contributed by atoms with Gasteiger partial charge in [-0.05, 0) is 74.4 Å². The third-order valence-electron chi connectivity index (χ3n) is 6.75. The summed E-state index contributed by atoms with van der Waals surface area (Å²) in [4.78, 5) is 85.7. The number of ether oxygens (including phenoxy) is 3. The molecule has 16 nitrogen and oxygen atoms in total. The molecular formula is C35H57N7O9. The number of carbonyl (C=O) groups excluding carboxylic acids is 6. The molecule has 286 valence electrons. The molecule has 0 fully saturated rings. The number of amides is 3. The predicted molar refractivity (Wildman–Crippen MR) is 188 cm³/mol. The predicted octanol–water partition coefficient (Wildman–Crippen LogP) is 0.375. The zero-order valence-electron chi connectivity index (χ0n) is 31.7. The summed E-state index contributed by atoms with van der Waals surface area (Å²) in [5.74, 6) is -2.83. The number of pyridine rings is 1. The molecule has 3 amide bonds. The highest BCUT2D eigenvalue weighted by Crippen LogP contribution is 2.11. The Morgan fingerprint density at radius 2 is 0.843 bits per heavy atom. The number of nitrogens with one attached hydrogen (secondary N) is 3. The minimum atomic E-state index is -0.697. The van der Waals surface area contributed by atoms with Crippen LogP contribution in [-0.2, 0) is 56.1 Å². The van der Waals surface area contributed by atoms with Crippen LogP contribution in [0.4, 0.5) is 0 Å². The Bertz CT molecular complexity index is 1290. The van der Waals surface area contributed by atoms with Gasteiger partial charge in [-0.25, -0.2) is 0 Å². The quantitative estimate of drug-likeness (QED) is 0.199. The minimum Gasteiger partial charge on any atom is -0.459 e. The van der Waals surface area contributed by atoms with Gasteiger partial charge in [-0.15, -0.1) is 0 Å². The van der Waals surface area contributed by atoms with E-state index in [0.717, 1.165) is 0 Å². The Labute approximate surface area is 301 Å². The Morgan fingerprint density at radius 1 is 0.549 bits per heavy atom. The first-order valence-electron chi connectivity index (χ1n) is 17.1. The number of esters is 3. The second-order valence-electron chi connectivity index (χ2n) is 15.4. The number of hydrogen-bond donors (Lipinski definition) is 3. The lowest BCUT2D eigenvalue weighted by atomic mass is 10.2. The fraction of sp³-hybridized carbons (Fsp3) is 0.686. The first-order chi connectivity index (χ1) is 23.5. The fourth-order valence-electron chi connectivity index (χ4n) is 4.85. The molecule has 2 rings (SSSR count). The van der Waals surface area contributed by atoms with E-state index in [1.165, 1.54) is 0 Å². The molecule has 0 aliphatic carbocycles. The maximum absolute atomic E-state index is 13.0. The van der Waals surface area contributed by atoms with Gasteiger partial charge in [0.05, 0.1) is 31.0 Å². The van der Waals surface area contributed by atoms with E-state index in [9.17, 15) is 28.8 Å². The standard InChI is InChI=1S/C35H57N7O9/c1-33(2,3)49-30(46)17-36-27(43)22-40-13-15-41(23-28(44)37-18-31(47)50-34(4,5)6)20-25-11-10-12-26(39-25)21-42(16-14-40)24-29(45)38-19-32(48)51-35(7,8)9/h10-12H,13-24H2,1-9H3,(H,36,43)(H,37,44)(H,38,45). The van der Waals surface area contributed by atoms with Crippen molar-refractivity contribution in [3.8, 4) is 0 Å². The first-order valence-corrected chi connectivity index (χ1v) is 17.1. The molecule has 0 aromatic carbocycles.